The molecule has 27 heavy (non-hydrogen) atoms. The van der Waals surface area contributed by atoms with Gasteiger partial charge in [-0.3, -0.25) is 0 Å². The smallest absolute Gasteiger partial charge is 0.350 e. The van der Waals surface area contributed by atoms with E-state index in [1.54, 1.807) is 0 Å². The second-order valence-electron chi connectivity index (χ2n) is 6.20. The molecule has 0 N–H and O–H groups in total. The average Bonchev–Trinajstić information content (AvgIpc) is 3.36. The molecule has 1 aromatic carbocycles. The van der Waals surface area contributed by atoms with E-state index < -0.39 is 24.1 Å². The maximum absolute atomic E-state index is 12.1. The van der Waals surface area contributed by atoms with Crippen LogP contribution in [0.2, 0.25) is 0 Å². The number of esters is 2. The molecule has 0 fully saturated rings. The Labute approximate surface area is 154 Å². The average molecular weight is 374 g/mol. The van der Waals surface area contributed by atoms with Gasteiger partial charge in [-0.05, 0) is 6.07 Å². The van der Waals surface area contributed by atoms with Crippen LogP contribution < -0.4 is 0 Å². The van der Waals surface area contributed by atoms with Gasteiger partial charge in [0, 0.05) is 24.0 Å². The minimum Gasteiger partial charge on any atom is -0.460 e. The van der Waals surface area contributed by atoms with E-state index in [-0.39, 0.29) is 26.4 Å². The normalized spacial score (nSPS) is 25.8. The number of hydrogen-bond donors (Lipinski definition) is 0. The highest BCUT2D eigenvalue weighted by molar-refractivity contribution is 6.08. The summed E-state index contributed by atoms with van der Waals surface area (Å²) in [6.07, 6.45) is -0.887. The van der Waals surface area contributed by atoms with Crippen LogP contribution in [-0.2, 0) is 33.5 Å². The number of ether oxygens (including phenoxy) is 3. The fourth-order valence-electron chi connectivity index (χ4n) is 2.92. The summed E-state index contributed by atoms with van der Waals surface area (Å²) < 4.78 is 15.5. The van der Waals surface area contributed by atoms with Crippen LogP contribution in [0.5, 0.6) is 0 Å². The van der Waals surface area contributed by atoms with Crippen molar-refractivity contribution in [2.75, 3.05) is 26.4 Å². The van der Waals surface area contributed by atoms with E-state index in [4.69, 9.17) is 23.9 Å². The maximum Gasteiger partial charge on any atom is 0.350 e. The number of hydrogen-bond acceptors (Lipinski definition) is 9. The van der Waals surface area contributed by atoms with Crippen molar-refractivity contribution in [3.63, 3.8) is 0 Å². The number of rotatable bonds is 0. The fraction of sp³-hybridized carbons (Fsp3) is 0.444. The van der Waals surface area contributed by atoms with Gasteiger partial charge in [-0.1, -0.05) is 28.5 Å². The molecule has 0 aromatic heterocycles. The van der Waals surface area contributed by atoms with E-state index in [0.717, 1.165) is 11.1 Å². The number of carbonyl (C=O) groups excluding carboxylic acids is 2. The first-order chi connectivity index (χ1) is 13.2. The van der Waals surface area contributed by atoms with Crippen LogP contribution in [0.1, 0.15) is 24.0 Å². The molecule has 0 spiro atoms. The van der Waals surface area contributed by atoms with Crippen LogP contribution in [0.3, 0.4) is 0 Å². The van der Waals surface area contributed by atoms with Gasteiger partial charge in [-0.25, -0.2) is 9.59 Å². The second kappa shape index (κ2) is 7.75. The minimum absolute atomic E-state index is 0.0837. The molecule has 0 radical (unpaired) electrons. The molecule has 2 atom stereocenters. The lowest BCUT2D eigenvalue weighted by Gasteiger charge is -2.11. The summed E-state index contributed by atoms with van der Waals surface area (Å²) in [5.41, 5.74) is 2.90. The van der Waals surface area contributed by atoms with Crippen LogP contribution >= 0.6 is 0 Å². The van der Waals surface area contributed by atoms with Gasteiger partial charge < -0.3 is 23.9 Å². The molecular formula is C18H18N2O7. The first-order valence-corrected chi connectivity index (χ1v) is 8.68. The predicted molar refractivity (Wildman–Crippen MR) is 91.2 cm³/mol. The Balaban J connectivity index is 1.54. The van der Waals surface area contributed by atoms with Gasteiger partial charge in [-0.15, -0.1) is 0 Å². The van der Waals surface area contributed by atoms with Crippen molar-refractivity contribution in [2.45, 2.75) is 25.0 Å². The first kappa shape index (κ1) is 17.5. The fourth-order valence-corrected chi connectivity index (χ4v) is 2.92. The standard InChI is InChI=1S/C18H18N2O7/c21-17-15-9-13(19-26-15)11-2-1-3-12(8-11)14-10-16(27-20-14)18(22)25-7-5-23-4-6-24-17/h1-3,8,15-16H,4-7,9-10H2/t15-,16-/m1/s1. The van der Waals surface area contributed by atoms with E-state index >= 15 is 0 Å². The molecule has 3 heterocycles. The molecule has 0 amide bonds. The molecule has 142 valence electrons. The van der Waals surface area contributed by atoms with Crippen molar-refractivity contribution in [1.82, 2.24) is 0 Å². The number of carbonyl (C=O) groups is 2. The number of nitrogens with zero attached hydrogens (tertiary/aromatic N) is 2. The Kier molecular flexibility index (Phi) is 5.01. The summed E-state index contributed by atoms with van der Waals surface area (Å²) in [6.45, 7) is 0.554. The zero-order chi connectivity index (χ0) is 18.6. The van der Waals surface area contributed by atoms with Crippen LogP contribution in [0.15, 0.2) is 34.6 Å². The highest BCUT2D eigenvalue weighted by Crippen LogP contribution is 2.22. The van der Waals surface area contributed by atoms with E-state index in [1.807, 2.05) is 24.3 Å². The Hall–Kier alpha value is -2.94. The van der Waals surface area contributed by atoms with Gasteiger partial charge in [0.15, 0.2) is 0 Å². The van der Waals surface area contributed by atoms with Gasteiger partial charge in [0.2, 0.25) is 12.2 Å². The summed E-state index contributed by atoms with van der Waals surface area (Å²) in [6, 6.07) is 7.47. The molecule has 3 aliphatic heterocycles. The van der Waals surface area contributed by atoms with E-state index in [2.05, 4.69) is 10.3 Å². The summed E-state index contributed by atoms with van der Waals surface area (Å²) in [5.74, 6) is -0.977. The summed E-state index contributed by atoms with van der Waals surface area (Å²) >= 11 is 0. The van der Waals surface area contributed by atoms with Crippen molar-refractivity contribution in [1.29, 1.82) is 0 Å². The lowest BCUT2D eigenvalue weighted by atomic mass is 9.99. The summed E-state index contributed by atoms with van der Waals surface area (Å²) in [5, 5.41) is 8.03. The van der Waals surface area contributed by atoms with Crippen molar-refractivity contribution in [3.8, 4) is 0 Å². The molecule has 3 aliphatic rings. The lowest BCUT2D eigenvalue weighted by molar-refractivity contribution is -0.158. The quantitative estimate of drug-likeness (QED) is 0.618. The molecule has 0 unspecified atom stereocenters. The second-order valence-corrected chi connectivity index (χ2v) is 6.20. The summed E-state index contributed by atoms with van der Waals surface area (Å²) in [4.78, 5) is 34.5. The highest BCUT2D eigenvalue weighted by Gasteiger charge is 2.32. The SMILES string of the molecule is O=C1OCCOCCOC(=O)[C@H]2CC(=NO2)c2cccc(c2)C2=NO[C@@H]1C2. The number of oxime groups is 2. The van der Waals surface area contributed by atoms with Crippen LogP contribution in [0, 0.1) is 0 Å². The zero-order valence-electron chi connectivity index (χ0n) is 14.5. The Morgan fingerprint density at radius 1 is 0.778 bits per heavy atom. The van der Waals surface area contributed by atoms with Gasteiger partial charge in [-0.2, -0.15) is 0 Å². The molecule has 1 aromatic rings. The molecular weight excluding hydrogens is 356 g/mol. The Bertz CT molecular complexity index is 743. The monoisotopic (exact) mass is 374 g/mol. The zero-order valence-corrected chi connectivity index (χ0v) is 14.5. The molecule has 4 rings (SSSR count). The predicted octanol–water partition coefficient (Wildman–Crippen LogP) is 0.789. The number of fused-ring (bicyclic) bond motifs is 8. The van der Waals surface area contributed by atoms with Gasteiger partial charge in [0.25, 0.3) is 0 Å². The van der Waals surface area contributed by atoms with Gasteiger partial charge in [0.1, 0.15) is 13.2 Å². The maximum atomic E-state index is 12.1. The van der Waals surface area contributed by atoms with Crippen LogP contribution in [0.4, 0.5) is 0 Å². The third-order valence-corrected chi connectivity index (χ3v) is 4.34. The molecule has 9 heteroatoms. The summed E-state index contributed by atoms with van der Waals surface area (Å²) in [7, 11) is 0. The van der Waals surface area contributed by atoms with Crippen LogP contribution in [-0.4, -0.2) is 62.0 Å². The van der Waals surface area contributed by atoms with Crippen molar-refractivity contribution >= 4 is 23.4 Å². The lowest BCUT2D eigenvalue weighted by Crippen LogP contribution is -2.26. The first-order valence-electron chi connectivity index (χ1n) is 8.68. The molecule has 9 nitrogen and oxygen atoms in total. The highest BCUT2D eigenvalue weighted by atomic mass is 16.7. The van der Waals surface area contributed by atoms with Crippen molar-refractivity contribution in [2.24, 2.45) is 10.3 Å². The Morgan fingerprint density at radius 2 is 1.30 bits per heavy atom. The molecule has 0 saturated carbocycles. The third kappa shape index (κ3) is 3.92. The topological polar surface area (TPSA) is 105 Å². The number of benzene rings is 1. The molecule has 6 bridgehead atoms. The molecule has 0 aliphatic carbocycles. The van der Waals surface area contributed by atoms with Crippen molar-refractivity contribution < 1.29 is 33.5 Å². The Morgan fingerprint density at radius 3 is 1.81 bits per heavy atom. The largest absolute Gasteiger partial charge is 0.460 e. The van der Waals surface area contributed by atoms with E-state index in [0.29, 0.717) is 24.3 Å². The van der Waals surface area contributed by atoms with Gasteiger partial charge >= 0.3 is 11.9 Å². The van der Waals surface area contributed by atoms with Crippen molar-refractivity contribution in [3.05, 3.63) is 35.4 Å². The van der Waals surface area contributed by atoms with E-state index in [1.165, 1.54) is 0 Å². The minimum atomic E-state index is -0.764. The van der Waals surface area contributed by atoms with Gasteiger partial charge in [0.05, 0.1) is 24.6 Å². The van der Waals surface area contributed by atoms with E-state index in [9.17, 15) is 9.59 Å². The van der Waals surface area contributed by atoms with Crippen LogP contribution in [0.25, 0.3) is 0 Å². The molecule has 0 saturated heterocycles. The third-order valence-electron chi connectivity index (χ3n) is 4.34. The number of cyclic esters (lactones) is 2.